The van der Waals surface area contributed by atoms with Crippen LogP contribution >= 0.6 is 23.2 Å². The number of nitrogens with one attached hydrogen (secondary N) is 1. The summed E-state index contributed by atoms with van der Waals surface area (Å²) in [5.74, 6) is 0.897. The highest BCUT2D eigenvalue weighted by Crippen LogP contribution is 2.33. The molecular formula is C19H20Cl2N2O. The Balaban J connectivity index is 1.92. The molecule has 24 heavy (non-hydrogen) atoms. The van der Waals surface area contributed by atoms with Gasteiger partial charge in [0.15, 0.2) is 0 Å². The smallest absolute Gasteiger partial charge is 0.122 e. The molecule has 2 aromatic rings. The van der Waals surface area contributed by atoms with E-state index in [1.165, 1.54) is 11.1 Å². The van der Waals surface area contributed by atoms with Crippen LogP contribution in [-0.4, -0.2) is 26.2 Å². The van der Waals surface area contributed by atoms with Crippen LogP contribution in [0.25, 0.3) is 5.57 Å². The predicted molar refractivity (Wildman–Crippen MR) is 101 cm³/mol. The third kappa shape index (κ3) is 3.45. The Bertz CT molecular complexity index is 774. The SMILES string of the molecule is COc1ccccc1CC1NCC(c2ccc(Cl)cc2Cl)=C1CN. The molecule has 0 amide bonds. The molecule has 0 aliphatic carbocycles. The number of benzene rings is 2. The zero-order chi connectivity index (χ0) is 17.1. The Morgan fingerprint density at radius 2 is 2.00 bits per heavy atom. The van der Waals surface area contributed by atoms with Crippen LogP contribution < -0.4 is 15.8 Å². The monoisotopic (exact) mass is 362 g/mol. The summed E-state index contributed by atoms with van der Waals surface area (Å²) >= 11 is 12.4. The van der Waals surface area contributed by atoms with Gasteiger partial charge in [0.25, 0.3) is 0 Å². The minimum absolute atomic E-state index is 0.174. The average Bonchev–Trinajstić information content (AvgIpc) is 2.97. The van der Waals surface area contributed by atoms with Crippen molar-refractivity contribution in [3.8, 4) is 5.75 Å². The van der Waals surface area contributed by atoms with E-state index in [1.54, 1.807) is 13.2 Å². The molecule has 0 fully saturated rings. The molecule has 1 heterocycles. The minimum atomic E-state index is 0.174. The lowest BCUT2D eigenvalue weighted by molar-refractivity contribution is 0.407. The number of methoxy groups -OCH3 is 1. The molecule has 0 aromatic heterocycles. The highest BCUT2D eigenvalue weighted by atomic mass is 35.5. The van der Waals surface area contributed by atoms with E-state index in [0.29, 0.717) is 16.6 Å². The standard InChI is InChI=1S/C19H20Cl2N2O/c1-24-19-5-3-2-4-12(19)8-18-15(10-22)16(11-23-18)14-7-6-13(20)9-17(14)21/h2-7,9,18,23H,8,10-11,22H2,1H3. The molecule has 3 rings (SSSR count). The van der Waals surface area contributed by atoms with Crippen LogP contribution in [0.2, 0.25) is 10.0 Å². The summed E-state index contributed by atoms with van der Waals surface area (Å²) in [7, 11) is 1.69. The van der Waals surface area contributed by atoms with Crippen LogP contribution in [0.5, 0.6) is 5.75 Å². The van der Waals surface area contributed by atoms with Gasteiger partial charge < -0.3 is 15.8 Å². The fourth-order valence-electron chi connectivity index (χ4n) is 3.23. The van der Waals surface area contributed by atoms with Crippen molar-refractivity contribution in [3.05, 3.63) is 69.2 Å². The first-order chi connectivity index (χ1) is 11.6. The van der Waals surface area contributed by atoms with Crippen LogP contribution in [0.4, 0.5) is 0 Å². The molecule has 3 nitrogen and oxygen atoms in total. The van der Waals surface area contributed by atoms with Crippen LogP contribution in [0.1, 0.15) is 11.1 Å². The van der Waals surface area contributed by atoms with E-state index in [2.05, 4.69) is 11.4 Å². The first-order valence-corrected chi connectivity index (χ1v) is 8.62. The van der Waals surface area contributed by atoms with E-state index in [1.807, 2.05) is 30.3 Å². The highest BCUT2D eigenvalue weighted by molar-refractivity contribution is 6.35. The number of ether oxygens (including phenoxy) is 1. The molecule has 1 unspecified atom stereocenters. The molecule has 0 radical (unpaired) electrons. The molecule has 1 atom stereocenters. The molecule has 3 N–H and O–H groups in total. The summed E-state index contributed by atoms with van der Waals surface area (Å²) < 4.78 is 5.46. The Kier molecular flexibility index (Phi) is 5.47. The fourth-order valence-corrected chi connectivity index (χ4v) is 3.75. The molecule has 1 aliphatic rings. The number of nitrogens with two attached hydrogens (primary N) is 1. The number of halogens is 2. The maximum Gasteiger partial charge on any atom is 0.122 e. The molecule has 2 aromatic carbocycles. The van der Waals surface area contributed by atoms with Crippen molar-refractivity contribution in [3.63, 3.8) is 0 Å². The largest absolute Gasteiger partial charge is 0.496 e. The maximum atomic E-state index is 6.38. The zero-order valence-electron chi connectivity index (χ0n) is 13.5. The van der Waals surface area contributed by atoms with Gasteiger partial charge in [-0.05, 0) is 46.9 Å². The van der Waals surface area contributed by atoms with Gasteiger partial charge in [0, 0.05) is 29.2 Å². The number of hydrogen-bond donors (Lipinski definition) is 2. The second-order valence-electron chi connectivity index (χ2n) is 5.78. The van der Waals surface area contributed by atoms with Crippen molar-refractivity contribution >= 4 is 28.8 Å². The molecule has 1 aliphatic heterocycles. The zero-order valence-corrected chi connectivity index (χ0v) is 15.0. The summed E-state index contributed by atoms with van der Waals surface area (Å²) in [6.45, 7) is 1.23. The lowest BCUT2D eigenvalue weighted by Gasteiger charge is -2.17. The Morgan fingerprint density at radius 3 is 2.71 bits per heavy atom. The summed E-state index contributed by atoms with van der Waals surface area (Å²) in [6.07, 6.45) is 0.825. The van der Waals surface area contributed by atoms with Crippen molar-refractivity contribution < 1.29 is 4.74 Å². The van der Waals surface area contributed by atoms with Crippen molar-refractivity contribution in [2.75, 3.05) is 20.2 Å². The maximum absolute atomic E-state index is 6.38. The number of rotatable bonds is 5. The molecular weight excluding hydrogens is 343 g/mol. The lowest BCUT2D eigenvalue weighted by atomic mass is 9.95. The normalized spacial score (nSPS) is 17.4. The van der Waals surface area contributed by atoms with Crippen LogP contribution in [-0.2, 0) is 6.42 Å². The van der Waals surface area contributed by atoms with Gasteiger partial charge in [0.05, 0.1) is 7.11 Å². The number of hydrogen-bond acceptors (Lipinski definition) is 3. The summed E-state index contributed by atoms with van der Waals surface area (Å²) in [5.41, 5.74) is 10.6. The van der Waals surface area contributed by atoms with Gasteiger partial charge in [-0.1, -0.05) is 47.5 Å². The Morgan fingerprint density at radius 1 is 1.21 bits per heavy atom. The van der Waals surface area contributed by atoms with Crippen molar-refractivity contribution in [2.24, 2.45) is 5.73 Å². The van der Waals surface area contributed by atoms with E-state index >= 15 is 0 Å². The van der Waals surface area contributed by atoms with Crippen molar-refractivity contribution in [1.82, 2.24) is 5.32 Å². The molecule has 0 spiro atoms. The molecule has 0 saturated carbocycles. The highest BCUT2D eigenvalue weighted by Gasteiger charge is 2.26. The second-order valence-corrected chi connectivity index (χ2v) is 6.63. The number of para-hydroxylation sites is 1. The van der Waals surface area contributed by atoms with E-state index in [0.717, 1.165) is 29.8 Å². The van der Waals surface area contributed by atoms with E-state index < -0.39 is 0 Å². The first-order valence-electron chi connectivity index (χ1n) is 7.86. The van der Waals surface area contributed by atoms with E-state index in [4.69, 9.17) is 33.7 Å². The van der Waals surface area contributed by atoms with Gasteiger partial charge in [-0.3, -0.25) is 0 Å². The van der Waals surface area contributed by atoms with Crippen LogP contribution in [0, 0.1) is 0 Å². The Hall–Kier alpha value is -1.52. The fraction of sp³-hybridized carbons (Fsp3) is 0.263. The van der Waals surface area contributed by atoms with Gasteiger partial charge in [-0.25, -0.2) is 0 Å². The summed E-state index contributed by atoms with van der Waals surface area (Å²) in [6, 6.07) is 13.8. The summed E-state index contributed by atoms with van der Waals surface area (Å²) in [5, 5.41) is 4.84. The molecule has 0 bridgehead atoms. The Labute approximate surface area is 152 Å². The average molecular weight is 363 g/mol. The minimum Gasteiger partial charge on any atom is -0.496 e. The lowest BCUT2D eigenvalue weighted by Crippen LogP contribution is -2.30. The van der Waals surface area contributed by atoms with Gasteiger partial charge >= 0.3 is 0 Å². The quantitative estimate of drug-likeness (QED) is 0.846. The molecule has 0 saturated heterocycles. The van der Waals surface area contributed by atoms with Crippen LogP contribution in [0.3, 0.4) is 0 Å². The summed E-state index contributed by atoms with van der Waals surface area (Å²) in [4.78, 5) is 0. The van der Waals surface area contributed by atoms with E-state index in [-0.39, 0.29) is 6.04 Å². The third-order valence-corrected chi connectivity index (χ3v) is 4.97. The van der Waals surface area contributed by atoms with Gasteiger partial charge in [0.2, 0.25) is 0 Å². The first kappa shape index (κ1) is 17.3. The van der Waals surface area contributed by atoms with Gasteiger partial charge in [-0.15, -0.1) is 0 Å². The van der Waals surface area contributed by atoms with Gasteiger partial charge in [-0.2, -0.15) is 0 Å². The van der Waals surface area contributed by atoms with Crippen molar-refractivity contribution in [1.29, 1.82) is 0 Å². The van der Waals surface area contributed by atoms with Gasteiger partial charge in [0.1, 0.15) is 5.75 Å². The second kappa shape index (κ2) is 7.58. The topological polar surface area (TPSA) is 47.3 Å². The van der Waals surface area contributed by atoms with E-state index in [9.17, 15) is 0 Å². The third-order valence-electron chi connectivity index (χ3n) is 4.43. The van der Waals surface area contributed by atoms with Crippen molar-refractivity contribution in [2.45, 2.75) is 12.5 Å². The molecule has 5 heteroatoms. The van der Waals surface area contributed by atoms with Crippen LogP contribution in [0.15, 0.2) is 48.0 Å². The predicted octanol–water partition coefficient (Wildman–Crippen LogP) is 3.93. The molecule has 126 valence electrons.